The van der Waals surface area contributed by atoms with Crippen LogP contribution in [0.1, 0.15) is 28.4 Å². The molecule has 2 aromatic carbocycles. The molecule has 4 rings (SSSR count). The van der Waals surface area contributed by atoms with Crippen molar-refractivity contribution in [3.05, 3.63) is 69.7 Å². The predicted octanol–water partition coefficient (Wildman–Crippen LogP) is 3.86. The number of carbonyl (C=O) groups is 2. The van der Waals surface area contributed by atoms with Gasteiger partial charge in [-0.2, -0.15) is 13.2 Å². The number of carboxylic acid groups (broad SMARTS) is 1. The van der Waals surface area contributed by atoms with Gasteiger partial charge in [0.05, 0.1) is 13.2 Å². The number of fused-ring (bicyclic) bond motifs is 1. The Bertz CT molecular complexity index is 986. The predicted molar refractivity (Wildman–Crippen MR) is 115 cm³/mol. The van der Waals surface area contributed by atoms with E-state index in [0.29, 0.717) is 31.3 Å². The molecule has 1 unspecified atom stereocenters. The summed E-state index contributed by atoms with van der Waals surface area (Å²) in [5.74, 6) is -2.76. The van der Waals surface area contributed by atoms with Crippen LogP contribution in [0.15, 0.2) is 42.5 Å². The van der Waals surface area contributed by atoms with Crippen LogP contribution in [0.5, 0.6) is 0 Å². The van der Waals surface area contributed by atoms with Crippen LogP contribution in [-0.4, -0.2) is 47.9 Å². The summed E-state index contributed by atoms with van der Waals surface area (Å²) < 4.78 is 37.6. The number of alkyl halides is 3. The number of ether oxygens (including phenoxy) is 1. The van der Waals surface area contributed by atoms with E-state index in [4.69, 9.17) is 26.2 Å². The van der Waals surface area contributed by atoms with Crippen molar-refractivity contribution >= 4 is 23.6 Å². The zero-order valence-corrected chi connectivity index (χ0v) is 18.2. The summed E-state index contributed by atoms with van der Waals surface area (Å²) in [4.78, 5) is 23.3. The van der Waals surface area contributed by atoms with Gasteiger partial charge in [0.1, 0.15) is 6.10 Å². The van der Waals surface area contributed by atoms with Crippen LogP contribution in [0.25, 0.3) is 0 Å². The van der Waals surface area contributed by atoms with Crippen molar-refractivity contribution in [3.63, 3.8) is 0 Å². The molecule has 0 aliphatic carbocycles. The molecule has 0 radical (unpaired) electrons. The third-order valence-electron chi connectivity index (χ3n) is 5.18. The van der Waals surface area contributed by atoms with Gasteiger partial charge in [0.25, 0.3) is 0 Å². The summed E-state index contributed by atoms with van der Waals surface area (Å²) in [5, 5.41) is 14.2. The van der Waals surface area contributed by atoms with E-state index in [1.807, 2.05) is 29.2 Å². The highest BCUT2D eigenvalue weighted by atomic mass is 35.5. The normalized spacial score (nSPS) is 17.6. The second-order valence-electron chi connectivity index (χ2n) is 7.53. The van der Waals surface area contributed by atoms with E-state index >= 15 is 0 Å². The Morgan fingerprint density at radius 1 is 1.15 bits per heavy atom. The largest absolute Gasteiger partial charge is 0.490 e. The zero-order valence-electron chi connectivity index (χ0n) is 17.5. The lowest BCUT2D eigenvalue weighted by atomic mass is 10.1. The Hall–Kier alpha value is -2.82. The fourth-order valence-corrected chi connectivity index (χ4v) is 3.59. The van der Waals surface area contributed by atoms with Gasteiger partial charge in [0.2, 0.25) is 0 Å². The van der Waals surface area contributed by atoms with Crippen LogP contribution < -0.4 is 10.6 Å². The molecule has 1 atom stereocenters. The number of halogens is 4. The van der Waals surface area contributed by atoms with Gasteiger partial charge >= 0.3 is 18.2 Å². The van der Waals surface area contributed by atoms with Crippen LogP contribution in [0.4, 0.5) is 18.0 Å². The van der Waals surface area contributed by atoms with Gasteiger partial charge < -0.3 is 25.4 Å². The summed E-state index contributed by atoms with van der Waals surface area (Å²) in [6, 6.07) is 13.9. The first-order chi connectivity index (χ1) is 15.6. The molecule has 7 nitrogen and oxygen atoms in total. The number of nitrogens with zero attached hydrogens (tertiary/aromatic N) is 1. The smallest absolute Gasteiger partial charge is 0.475 e. The Morgan fingerprint density at radius 3 is 2.48 bits per heavy atom. The zero-order chi connectivity index (χ0) is 24.0. The second kappa shape index (κ2) is 10.9. The quantitative estimate of drug-likeness (QED) is 0.614. The summed E-state index contributed by atoms with van der Waals surface area (Å²) in [7, 11) is 0. The number of hydrogen-bond donors (Lipinski definition) is 3. The van der Waals surface area contributed by atoms with Crippen molar-refractivity contribution in [2.45, 2.75) is 31.9 Å². The van der Waals surface area contributed by atoms with Crippen LogP contribution >= 0.6 is 11.6 Å². The summed E-state index contributed by atoms with van der Waals surface area (Å²) in [6.45, 7) is 4.05. The third-order valence-corrected chi connectivity index (χ3v) is 5.44. The minimum absolute atomic E-state index is 0.0501. The molecule has 178 valence electrons. The van der Waals surface area contributed by atoms with Crippen LogP contribution in [0.3, 0.4) is 0 Å². The molecule has 2 aromatic rings. The lowest BCUT2D eigenvalue weighted by Gasteiger charge is -2.33. The van der Waals surface area contributed by atoms with Gasteiger partial charge in [-0.05, 0) is 34.4 Å². The molecule has 3 N–H and O–H groups in total. The highest BCUT2D eigenvalue weighted by molar-refractivity contribution is 6.30. The van der Waals surface area contributed by atoms with Crippen LogP contribution in [-0.2, 0) is 29.2 Å². The number of urea groups is 1. The number of aliphatic carboxylic acids is 1. The van der Waals surface area contributed by atoms with E-state index < -0.39 is 12.1 Å². The maximum Gasteiger partial charge on any atom is 0.490 e. The Balaban J connectivity index is 0.000000383. The third kappa shape index (κ3) is 7.08. The van der Waals surface area contributed by atoms with Gasteiger partial charge in [-0.25, -0.2) is 9.59 Å². The van der Waals surface area contributed by atoms with Crippen molar-refractivity contribution in [2.24, 2.45) is 0 Å². The van der Waals surface area contributed by atoms with E-state index in [1.54, 1.807) is 0 Å². The van der Waals surface area contributed by atoms with Crippen molar-refractivity contribution in [1.82, 2.24) is 15.5 Å². The van der Waals surface area contributed by atoms with Gasteiger partial charge in [-0.3, -0.25) is 0 Å². The number of amides is 2. The van der Waals surface area contributed by atoms with Crippen LogP contribution in [0, 0.1) is 0 Å². The molecule has 0 spiro atoms. The number of morpholine rings is 1. The molecule has 1 saturated heterocycles. The Labute approximate surface area is 193 Å². The SMILES string of the molecule is O=C(NCc1ccc2c(c1)CNC2)N1CCOC(c2ccc(Cl)cc2)C1.O=C(O)C(F)(F)F. The fourth-order valence-electron chi connectivity index (χ4n) is 3.46. The average molecular weight is 486 g/mol. The highest BCUT2D eigenvalue weighted by Gasteiger charge is 2.38. The average Bonchev–Trinajstić information content (AvgIpc) is 3.26. The molecule has 33 heavy (non-hydrogen) atoms. The number of rotatable bonds is 3. The molecular formula is C22H23ClF3N3O4. The van der Waals surface area contributed by atoms with Gasteiger partial charge in [-0.1, -0.05) is 41.9 Å². The molecule has 2 aliphatic heterocycles. The van der Waals surface area contributed by atoms with Gasteiger partial charge in [0.15, 0.2) is 0 Å². The monoisotopic (exact) mass is 485 g/mol. The maximum absolute atomic E-state index is 12.6. The number of nitrogens with one attached hydrogen (secondary N) is 2. The molecular weight excluding hydrogens is 463 g/mol. The Morgan fingerprint density at radius 2 is 1.82 bits per heavy atom. The Kier molecular flexibility index (Phi) is 8.17. The maximum atomic E-state index is 12.6. The lowest BCUT2D eigenvalue weighted by molar-refractivity contribution is -0.192. The van der Waals surface area contributed by atoms with E-state index in [0.717, 1.165) is 24.2 Å². The molecule has 0 bridgehead atoms. The molecule has 2 aliphatic rings. The first-order valence-electron chi connectivity index (χ1n) is 10.1. The van der Waals surface area contributed by atoms with Crippen molar-refractivity contribution in [1.29, 1.82) is 0 Å². The first kappa shape index (κ1) is 24.8. The molecule has 0 saturated carbocycles. The van der Waals surface area contributed by atoms with E-state index in [1.165, 1.54) is 11.1 Å². The number of benzene rings is 2. The minimum atomic E-state index is -5.08. The van der Waals surface area contributed by atoms with Crippen LogP contribution in [0.2, 0.25) is 5.02 Å². The summed E-state index contributed by atoms with van der Waals surface area (Å²) in [6.07, 6.45) is -5.20. The fraction of sp³-hybridized carbons (Fsp3) is 0.364. The van der Waals surface area contributed by atoms with E-state index in [9.17, 15) is 18.0 Å². The van der Waals surface area contributed by atoms with Gasteiger partial charge in [-0.15, -0.1) is 0 Å². The first-order valence-corrected chi connectivity index (χ1v) is 10.5. The minimum Gasteiger partial charge on any atom is -0.475 e. The number of hydrogen-bond acceptors (Lipinski definition) is 4. The lowest BCUT2D eigenvalue weighted by Crippen LogP contribution is -2.46. The topological polar surface area (TPSA) is 90.9 Å². The molecule has 11 heteroatoms. The van der Waals surface area contributed by atoms with E-state index in [-0.39, 0.29) is 12.1 Å². The number of carboxylic acids is 1. The number of carbonyl (C=O) groups excluding carboxylic acids is 1. The molecule has 0 aromatic heterocycles. The summed E-state index contributed by atoms with van der Waals surface area (Å²) in [5.41, 5.74) is 4.84. The van der Waals surface area contributed by atoms with E-state index in [2.05, 4.69) is 28.8 Å². The summed E-state index contributed by atoms with van der Waals surface area (Å²) >= 11 is 5.95. The van der Waals surface area contributed by atoms with Crippen molar-refractivity contribution in [2.75, 3.05) is 19.7 Å². The standard InChI is InChI=1S/C20H22ClN3O2.C2HF3O2/c21-18-5-3-15(4-6-18)19-13-24(7-8-26-19)20(25)23-10-14-1-2-16-11-22-12-17(16)9-14;3-2(4,5)1(6)7/h1-6,9,19,22H,7-8,10-13H2,(H,23,25);(H,6,7). The van der Waals surface area contributed by atoms with Gasteiger partial charge in [0, 0.05) is 31.2 Å². The molecule has 1 fully saturated rings. The second-order valence-corrected chi connectivity index (χ2v) is 7.96. The van der Waals surface area contributed by atoms with Crippen molar-refractivity contribution in [3.8, 4) is 0 Å². The molecule has 2 heterocycles. The highest BCUT2D eigenvalue weighted by Crippen LogP contribution is 2.24. The van der Waals surface area contributed by atoms with Crippen molar-refractivity contribution < 1.29 is 32.6 Å². The molecule has 2 amide bonds.